The van der Waals surface area contributed by atoms with Gasteiger partial charge in [-0.25, -0.2) is 0 Å². The summed E-state index contributed by atoms with van der Waals surface area (Å²) in [7, 11) is -3.78. The summed E-state index contributed by atoms with van der Waals surface area (Å²) < 4.78 is 31.0. The van der Waals surface area contributed by atoms with E-state index in [-0.39, 0.29) is 0 Å². The Morgan fingerprint density at radius 2 is 1.74 bits per heavy atom. The van der Waals surface area contributed by atoms with E-state index in [0.717, 1.165) is 40.7 Å². The van der Waals surface area contributed by atoms with E-state index in [2.05, 4.69) is 0 Å². The first-order valence-corrected chi connectivity index (χ1v) is 9.24. The summed E-state index contributed by atoms with van der Waals surface area (Å²) in [5.41, 5.74) is 4.53. The summed E-state index contributed by atoms with van der Waals surface area (Å²) in [6.07, 6.45) is 2.17. The second kappa shape index (κ2) is 4.96. The van der Waals surface area contributed by atoms with Crippen LogP contribution in [-0.4, -0.2) is 8.42 Å². The molecule has 1 aliphatic heterocycles. The van der Waals surface area contributed by atoms with E-state index in [4.69, 9.17) is 4.18 Å². The highest BCUT2D eigenvalue weighted by molar-refractivity contribution is 7.87. The van der Waals surface area contributed by atoms with E-state index < -0.39 is 10.1 Å². The molecule has 0 amide bonds. The predicted octanol–water partition coefficient (Wildman–Crippen LogP) is 4.30. The smallest absolute Gasteiger partial charge is 0.340 e. The fourth-order valence-electron chi connectivity index (χ4n) is 3.38. The van der Waals surface area contributed by atoms with Gasteiger partial charge < -0.3 is 4.18 Å². The average Bonchev–Trinajstić information content (AvgIpc) is 3.30. The number of fused-ring (bicyclic) bond motifs is 1. The first-order valence-electron chi connectivity index (χ1n) is 7.83. The van der Waals surface area contributed by atoms with Crippen LogP contribution in [0.4, 0.5) is 0 Å². The lowest BCUT2D eigenvalue weighted by Crippen LogP contribution is -2.17. The predicted molar refractivity (Wildman–Crippen MR) is 90.2 cm³/mol. The lowest BCUT2D eigenvalue weighted by molar-refractivity contribution is 0.458. The SMILES string of the molecule is Cc1cc(C)c2c(c1)C(C1CC1)=C(c1ccccc1)OS2(=O)=O. The molecule has 0 saturated heterocycles. The van der Waals surface area contributed by atoms with Crippen molar-refractivity contribution in [2.24, 2.45) is 5.92 Å². The van der Waals surface area contributed by atoms with Crippen molar-refractivity contribution in [3.8, 4) is 0 Å². The van der Waals surface area contributed by atoms with Crippen molar-refractivity contribution in [2.75, 3.05) is 0 Å². The second-order valence-electron chi connectivity index (χ2n) is 6.38. The maximum atomic E-state index is 12.7. The van der Waals surface area contributed by atoms with Crippen molar-refractivity contribution in [2.45, 2.75) is 31.6 Å². The number of hydrogen-bond donors (Lipinski definition) is 0. The Kier molecular flexibility index (Phi) is 3.13. The van der Waals surface area contributed by atoms with E-state index in [1.165, 1.54) is 0 Å². The zero-order chi connectivity index (χ0) is 16.2. The lowest BCUT2D eigenvalue weighted by Gasteiger charge is -2.25. The van der Waals surface area contributed by atoms with Gasteiger partial charge in [0.25, 0.3) is 0 Å². The third-order valence-corrected chi connectivity index (χ3v) is 5.85. The van der Waals surface area contributed by atoms with Crippen LogP contribution in [0.5, 0.6) is 0 Å². The quantitative estimate of drug-likeness (QED) is 0.773. The number of benzene rings is 2. The standard InChI is InChI=1S/C19H18O3S/c1-12-10-13(2)19-16(11-12)17(14-8-9-14)18(22-23(19,20)21)15-6-4-3-5-7-15/h3-7,10-11,14H,8-9H2,1-2H3. The molecule has 0 bridgehead atoms. The van der Waals surface area contributed by atoms with Crippen molar-refractivity contribution in [3.63, 3.8) is 0 Å². The number of hydrogen-bond acceptors (Lipinski definition) is 3. The topological polar surface area (TPSA) is 43.4 Å². The summed E-state index contributed by atoms with van der Waals surface area (Å²) in [6.45, 7) is 3.84. The summed E-state index contributed by atoms with van der Waals surface area (Å²) >= 11 is 0. The Morgan fingerprint density at radius 3 is 2.39 bits per heavy atom. The van der Waals surface area contributed by atoms with E-state index in [1.54, 1.807) is 0 Å². The molecule has 23 heavy (non-hydrogen) atoms. The molecule has 1 saturated carbocycles. The molecule has 0 aromatic heterocycles. The first-order chi connectivity index (χ1) is 11.0. The Morgan fingerprint density at radius 1 is 1.04 bits per heavy atom. The molecule has 0 radical (unpaired) electrons. The number of allylic oxidation sites excluding steroid dienone is 1. The highest BCUT2D eigenvalue weighted by atomic mass is 32.2. The molecule has 0 spiro atoms. The van der Waals surface area contributed by atoms with Gasteiger partial charge in [0.15, 0.2) is 5.76 Å². The molecule has 3 nitrogen and oxygen atoms in total. The van der Waals surface area contributed by atoms with Gasteiger partial charge in [-0.05, 0) is 38.2 Å². The molecular formula is C19H18O3S. The molecule has 1 fully saturated rings. The van der Waals surface area contributed by atoms with Crippen LogP contribution in [0.1, 0.15) is 35.1 Å². The molecule has 118 valence electrons. The van der Waals surface area contributed by atoms with E-state index in [1.807, 2.05) is 56.3 Å². The highest BCUT2D eigenvalue weighted by Crippen LogP contribution is 2.51. The highest BCUT2D eigenvalue weighted by Gasteiger charge is 2.40. The lowest BCUT2D eigenvalue weighted by atomic mass is 9.94. The Bertz CT molecular complexity index is 921. The second-order valence-corrected chi connectivity index (χ2v) is 7.86. The van der Waals surface area contributed by atoms with Crippen molar-refractivity contribution in [1.82, 2.24) is 0 Å². The molecule has 0 unspecified atom stereocenters. The zero-order valence-electron chi connectivity index (χ0n) is 13.2. The molecule has 1 heterocycles. The van der Waals surface area contributed by atoms with Crippen LogP contribution < -0.4 is 0 Å². The molecule has 4 heteroatoms. The molecule has 4 rings (SSSR count). The maximum Gasteiger partial charge on any atom is 0.340 e. The maximum absolute atomic E-state index is 12.7. The minimum atomic E-state index is -3.78. The first kappa shape index (κ1) is 14.5. The van der Waals surface area contributed by atoms with Gasteiger partial charge in [0.2, 0.25) is 0 Å². The minimum Gasteiger partial charge on any atom is -0.378 e. The van der Waals surface area contributed by atoms with Crippen molar-refractivity contribution in [3.05, 3.63) is 64.7 Å². The summed E-state index contributed by atoms with van der Waals surface area (Å²) in [5, 5.41) is 0. The van der Waals surface area contributed by atoms with Crippen LogP contribution in [0.2, 0.25) is 0 Å². The van der Waals surface area contributed by atoms with Crippen LogP contribution in [0.15, 0.2) is 47.4 Å². The van der Waals surface area contributed by atoms with Crippen molar-refractivity contribution in [1.29, 1.82) is 0 Å². The molecule has 0 atom stereocenters. The third-order valence-electron chi connectivity index (χ3n) is 4.42. The van der Waals surface area contributed by atoms with Gasteiger partial charge in [-0.3, -0.25) is 0 Å². The van der Waals surface area contributed by atoms with Gasteiger partial charge >= 0.3 is 10.1 Å². The Labute approximate surface area is 136 Å². The fraction of sp³-hybridized carbons (Fsp3) is 0.263. The molecule has 2 aromatic rings. The van der Waals surface area contributed by atoms with Crippen LogP contribution in [0.3, 0.4) is 0 Å². The molecule has 2 aliphatic rings. The largest absolute Gasteiger partial charge is 0.378 e. The third kappa shape index (κ3) is 2.38. The number of rotatable bonds is 2. The van der Waals surface area contributed by atoms with Crippen LogP contribution in [-0.2, 0) is 14.3 Å². The van der Waals surface area contributed by atoms with Gasteiger partial charge in [-0.2, -0.15) is 8.42 Å². The van der Waals surface area contributed by atoms with Gasteiger partial charge in [0.1, 0.15) is 4.90 Å². The van der Waals surface area contributed by atoms with Gasteiger partial charge in [0, 0.05) is 16.7 Å². The molecule has 0 N–H and O–H groups in total. The van der Waals surface area contributed by atoms with Crippen LogP contribution in [0.25, 0.3) is 11.3 Å². The van der Waals surface area contributed by atoms with Crippen LogP contribution in [0, 0.1) is 19.8 Å². The summed E-state index contributed by atoms with van der Waals surface area (Å²) in [5.74, 6) is 0.895. The Hall–Kier alpha value is -2.07. The molecule has 1 aliphatic carbocycles. The van der Waals surface area contributed by atoms with Crippen molar-refractivity contribution >= 4 is 21.5 Å². The van der Waals surface area contributed by atoms with Gasteiger partial charge in [-0.15, -0.1) is 0 Å². The van der Waals surface area contributed by atoms with Gasteiger partial charge in [-0.1, -0.05) is 48.0 Å². The van der Waals surface area contributed by atoms with Crippen molar-refractivity contribution < 1.29 is 12.6 Å². The average molecular weight is 326 g/mol. The van der Waals surface area contributed by atoms with Crippen LogP contribution >= 0.6 is 0 Å². The minimum absolute atomic E-state index is 0.338. The van der Waals surface area contributed by atoms with E-state index in [0.29, 0.717) is 16.6 Å². The molecule has 2 aromatic carbocycles. The normalized spacial score (nSPS) is 19.2. The summed E-state index contributed by atoms with van der Waals surface area (Å²) in [6, 6.07) is 13.4. The van der Waals surface area contributed by atoms with Gasteiger partial charge in [0.05, 0.1) is 0 Å². The fourth-order valence-corrected chi connectivity index (χ4v) is 4.76. The summed E-state index contributed by atoms with van der Waals surface area (Å²) in [4.78, 5) is 0.338. The zero-order valence-corrected chi connectivity index (χ0v) is 14.0. The monoisotopic (exact) mass is 326 g/mol. The molecular weight excluding hydrogens is 308 g/mol. The van der Waals surface area contributed by atoms with E-state index in [9.17, 15) is 8.42 Å². The van der Waals surface area contributed by atoms with E-state index >= 15 is 0 Å². The number of aryl methyl sites for hydroxylation is 2. The Balaban J connectivity index is 2.07.